The van der Waals surface area contributed by atoms with E-state index >= 15 is 0 Å². The Balaban J connectivity index is 1.44. The van der Waals surface area contributed by atoms with Crippen LogP contribution in [0.4, 0.5) is 0 Å². The summed E-state index contributed by atoms with van der Waals surface area (Å²) in [6.07, 6.45) is 0. The van der Waals surface area contributed by atoms with E-state index in [0.29, 0.717) is 0 Å². The van der Waals surface area contributed by atoms with Crippen molar-refractivity contribution in [2.24, 2.45) is 0 Å². The van der Waals surface area contributed by atoms with Crippen molar-refractivity contribution < 1.29 is 28.8 Å². The Kier molecular flexibility index (Phi) is 4.29. The van der Waals surface area contributed by atoms with Gasteiger partial charge in [0.2, 0.25) is 44.7 Å². The average Bonchev–Trinajstić information content (AvgIpc) is 3.45. The van der Waals surface area contributed by atoms with Gasteiger partial charge in [0, 0.05) is 31.7 Å². The summed E-state index contributed by atoms with van der Waals surface area (Å²) < 4.78 is -2.14. The van der Waals surface area contributed by atoms with E-state index in [1.807, 2.05) is 0 Å². The highest BCUT2D eigenvalue weighted by molar-refractivity contribution is 8.04. The molecule has 3 saturated heterocycles. The van der Waals surface area contributed by atoms with E-state index in [0.717, 1.165) is 23.5 Å². The van der Waals surface area contributed by atoms with Crippen LogP contribution in [-0.2, 0) is 9.59 Å². The van der Waals surface area contributed by atoms with Crippen LogP contribution in [0.25, 0.3) is 0 Å². The summed E-state index contributed by atoms with van der Waals surface area (Å²) in [6.45, 7) is 6.86. The molecule has 7 rings (SSSR count). The first kappa shape index (κ1) is 23.8. The van der Waals surface area contributed by atoms with Crippen molar-refractivity contribution in [2.75, 3.05) is 0 Å². The highest BCUT2D eigenvalue weighted by atomic mass is 32.2. The minimum absolute atomic E-state index is 0.220. The fraction of sp³-hybridized carbons (Fsp3) is 0.357. The molecule has 38 heavy (non-hydrogen) atoms. The van der Waals surface area contributed by atoms with Crippen molar-refractivity contribution in [2.45, 2.75) is 59.0 Å². The van der Waals surface area contributed by atoms with Gasteiger partial charge in [-0.05, 0) is 27.7 Å². The van der Waals surface area contributed by atoms with E-state index in [1.165, 1.54) is 9.80 Å². The molecule has 0 radical (unpaired) electrons. The fourth-order valence-corrected chi connectivity index (χ4v) is 10.5. The van der Waals surface area contributed by atoms with Crippen LogP contribution in [-0.4, -0.2) is 76.1 Å². The molecule has 2 aliphatic carbocycles. The lowest BCUT2D eigenvalue weighted by Crippen LogP contribution is -2.74. The van der Waals surface area contributed by atoms with Crippen molar-refractivity contribution >= 4 is 58.5 Å². The summed E-state index contributed by atoms with van der Waals surface area (Å²) in [5, 5.41) is 0. The first-order valence-corrected chi connectivity index (χ1v) is 13.9. The van der Waals surface area contributed by atoms with Crippen molar-refractivity contribution in [3.63, 3.8) is 0 Å². The van der Waals surface area contributed by atoms with E-state index in [4.69, 9.17) is 0 Å². The van der Waals surface area contributed by atoms with Crippen LogP contribution in [0, 0.1) is 0 Å². The normalized spacial score (nSPS) is 28.8. The standard InChI is InChI=1S/C28H22N2O6S2/c1-25(2)17-23(35)30-18(26(3,4)38-28(30)21(33)15-11-7-8-12-16(15)22(28)34)24(36)29(17)27(37-25)19(31)13-9-5-6-10-14(13)20(27)32/h5-12,17-18H,1-4H3/t17-,18-/m0/s1. The molecule has 2 spiro atoms. The maximum atomic E-state index is 14.5. The third-order valence-electron chi connectivity index (χ3n) is 8.34. The largest absolute Gasteiger partial charge is 0.299 e. The number of rotatable bonds is 0. The van der Waals surface area contributed by atoms with E-state index in [2.05, 4.69) is 0 Å². The number of ketones is 4. The summed E-state index contributed by atoms with van der Waals surface area (Å²) in [5.41, 5.74) is 0.879. The number of thioether (sulfide) groups is 2. The molecule has 0 unspecified atom stereocenters. The van der Waals surface area contributed by atoms with Crippen LogP contribution >= 0.6 is 23.5 Å². The zero-order valence-electron chi connectivity index (χ0n) is 20.9. The zero-order chi connectivity index (χ0) is 27.2. The second-order valence-corrected chi connectivity index (χ2v) is 15.0. The molecule has 3 fully saturated rings. The van der Waals surface area contributed by atoms with Gasteiger partial charge in [0.05, 0.1) is 0 Å². The molecular weight excluding hydrogens is 524 g/mol. The van der Waals surface area contributed by atoms with Gasteiger partial charge >= 0.3 is 0 Å². The van der Waals surface area contributed by atoms with Crippen molar-refractivity contribution in [3.05, 3.63) is 70.8 Å². The quantitative estimate of drug-likeness (QED) is 0.464. The Hall–Kier alpha value is -3.24. The third-order valence-corrected chi connectivity index (χ3v) is 11.6. The molecule has 0 N–H and O–H groups in total. The van der Waals surface area contributed by atoms with Gasteiger partial charge in [-0.25, -0.2) is 0 Å². The van der Waals surface area contributed by atoms with Gasteiger partial charge in [0.1, 0.15) is 12.1 Å². The maximum absolute atomic E-state index is 14.5. The van der Waals surface area contributed by atoms with Crippen LogP contribution in [0.1, 0.15) is 69.1 Å². The third kappa shape index (κ3) is 2.34. The van der Waals surface area contributed by atoms with Crippen LogP contribution in [0.3, 0.4) is 0 Å². The molecule has 3 aliphatic heterocycles. The molecule has 0 saturated carbocycles. The van der Waals surface area contributed by atoms with Crippen LogP contribution in [0.2, 0.25) is 0 Å². The minimum atomic E-state index is -1.92. The highest BCUT2D eigenvalue weighted by Crippen LogP contribution is 2.64. The Labute approximate surface area is 226 Å². The lowest BCUT2D eigenvalue weighted by Gasteiger charge is -2.48. The van der Waals surface area contributed by atoms with Gasteiger partial charge in [-0.3, -0.25) is 38.6 Å². The van der Waals surface area contributed by atoms with E-state index < -0.39 is 66.3 Å². The summed E-state index contributed by atoms with van der Waals surface area (Å²) in [7, 11) is 0. The van der Waals surface area contributed by atoms with E-state index in [-0.39, 0.29) is 22.3 Å². The SMILES string of the molecule is CC1(C)SC2(C(=O)c3ccccc3C2=O)N2C(=O)[C@@H]3N(C(=O)[C@H]21)C1(SC3(C)C)C(=O)c2ccccc2C1=O. The lowest BCUT2D eigenvalue weighted by atomic mass is 9.86. The number of piperazine rings is 1. The maximum Gasteiger partial charge on any atom is 0.249 e. The second kappa shape index (κ2) is 6.84. The summed E-state index contributed by atoms with van der Waals surface area (Å²) >= 11 is 2.01. The van der Waals surface area contributed by atoms with Crippen LogP contribution in [0.5, 0.6) is 0 Å². The van der Waals surface area contributed by atoms with Gasteiger partial charge in [-0.15, -0.1) is 23.5 Å². The van der Waals surface area contributed by atoms with Crippen LogP contribution in [0.15, 0.2) is 48.5 Å². The van der Waals surface area contributed by atoms with Crippen molar-refractivity contribution in [3.8, 4) is 0 Å². The van der Waals surface area contributed by atoms with Crippen LogP contribution < -0.4 is 0 Å². The molecule has 2 amide bonds. The average molecular weight is 547 g/mol. The first-order valence-electron chi connectivity index (χ1n) is 12.3. The number of fused-ring (bicyclic) bond motifs is 6. The predicted octanol–water partition coefficient (Wildman–Crippen LogP) is 3.00. The molecular formula is C28H22N2O6S2. The molecule has 5 aliphatic rings. The van der Waals surface area contributed by atoms with Gasteiger partial charge in [0.25, 0.3) is 0 Å². The van der Waals surface area contributed by atoms with Gasteiger partial charge < -0.3 is 0 Å². The van der Waals surface area contributed by atoms with Gasteiger partial charge in [-0.1, -0.05) is 48.5 Å². The second-order valence-electron chi connectivity index (χ2n) is 11.3. The topological polar surface area (TPSA) is 109 Å². The number of nitrogens with zero attached hydrogens (tertiary/aromatic N) is 2. The van der Waals surface area contributed by atoms with Crippen molar-refractivity contribution in [1.29, 1.82) is 0 Å². The molecule has 2 aromatic rings. The summed E-state index contributed by atoms with van der Waals surface area (Å²) in [6, 6.07) is 10.4. The number of hydrogen-bond acceptors (Lipinski definition) is 8. The Morgan fingerprint density at radius 1 is 0.526 bits per heavy atom. The molecule has 0 bridgehead atoms. The number of hydrogen-bond donors (Lipinski definition) is 0. The van der Waals surface area contributed by atoms with Crippen molar-refractivity contribution in [1.82, 2.24) is 9.80 Å². The van der Waals surface area contributed by atoms with E-state index in [1.54, 1.807) is 76.2 Å². The molecule has 2 aromatic carbocycles. The van der Waals surface area contributed by atoms with Gasteiger partial charge in [-0.2, -0.15) is 0 Å². The number of carbonyl (C=O) groups excluding carboxylic acids is 6. The summed E-state index contributed by atoms with van der Waals surface area (Å²) in [4.78, 5) is 83.3. The smallest absolute Gasteiger partial charge is 0.249 e. The molecule has 8 nitrogen and oxygen atoms in total. The monoisotopic (exact) mass is 546 g/mol. The number of benzene rings is 2. The zero-order valence-corrected chi connectivity index (χ0v) is 22.6. The summed E-state index contributed by atoms with van der Waals surface area (Å²) in [5.74, 6) is -3.29. The Morgan fingerprint density at radius 2 is 0.789 bits per heavy atom. The molecule has 0 aromatic heterocycles. The predicted molar refractivity (Wildman–Crippen MR) is 140 cm³/mol. The molecule has 10 heteroatoms. The Bertz CT molecular complexity index is 1410. The molecule has 2 atom stereocenters. The minimum Gasteiger partial charge on any atom is -0.299 e. The number of carbonyl (C=O) groups is 6. The highest BCUT2D eigenvalue weighted by Gasteiger charge is 2.79. The number of Topliss-reactive ketones (excluding diaryl/α,β-unsaturated/α-hetero) is 4. The van der Waals surface area contributed by atoms with Gasteiger partial charge in [0.15, 0.2) is 0 Å². The molecule has 192 valence electrons. The molecule has 3 heterocycles. The first-order chi connectivity index (χ1) is 17.8. The Morgan fingerprint density at radius 3 is 1.05 bits per heavy atom. The van der Waals surface area contributed by atoms with E-state index in [9.17, 15) is 28.8 Å². The lowest BCUT2D eigenvalue weighted by molar-refractivity contribution is -0.164. The fourth-order valence-electron chi connectivity index (χ4n) is 6.92. The number of amides is 2.